The molecule has 5 N–H and O–H groups in total. The van der Waals surface area contributed by atoms with E-state index in [1.54, 1.807) is 13.0 Å². The molecule has 0 aliphatic carbocycles. The molecule has 2 unspecified atom stereocenters. The first-order valence-electron chi connectivity index (χ1n) is 6.14. The van der Waals surface area contributed by atoms with Crippen LogP contribution in [0.15, 0.2) is 23.1 Å². The van der Waals surface area contributed by atoms with E-state index in [-0.39, 0.29) is 16.9 Å². The van der Waals surface area contributed by atoms with Crippen molar-refractivity contribution in [2.75, 3.05) is 23.7 Å². The summed E-state index contributed by atoms with van der Waals surface area (Å²) in [6.07, 6.45) is 0.545. The van der Waals surface area contributed by atoms with Crippen molar-refractivity contribution in [3.05, 3.63) is 18.2 Å². The van der Waals surface area contributed by atoms with Gasteiger partial charge >= 0.3 is 0 Å². The van der Waals surface area contributed by atoms with Crippen LogP contribution < -0.4 is 15.8 Å². The number of aliphatic hydroxyl groups excluding tert-OH is 1. The Morgan fingerprint density at radius 2 is 2.16 bits per heavy atom. The Morgan fingerprint density at radius 3 is 2.63 bits per heavy atom. The summed E-state index contributed by atoms with van der Waals surface area (Å²) in [6, 6.07) is 4.50. The van der Waals surface area contributed by atoms with Crippen molar-refractivity contribution in [3.8, 4) is 0 Å². The van der Waals surface area contributed by atoms with Gasteiger partial charge in [-0.05, 0) is 31.5 Å². The fraction of sp³-hybridized carbons (Fsp3) is 0.500. The van der Waals surface area contributed by atoms with Crippen molar-refractivity contribution in [1.29, 1.82) is 0 Å². The highest BCUT2D eigenvalue weighted by Crippen LogP contribution is 2.31. The number of sulfonamides is 1. The molecular formula is C12H19N3O3S. The lowest BCUT2D eigenvalue weighted by molar-refractivity contribution is 0.136. The zero-order valence-electron chi connectivity index (χ0n) is 10.8. The highest BCUT2D eigenvalue weighted by molar-refractivity contribution is 7.89. The van der Waals surface area contributed by atoms with E-state index >= 15 is 0 Å². The number of nitrogen functional groups attached to an aromatic ring is 1. The van der Waals surface area contributed by atoms with Crippen LogP contribution in [0.25, 0.3) is 0 Å². The molecule has 1 heterocycles. The van der Waals surface area contributed by atoms with Gasteiger partial charge in [0.25, 0.3) is 0 Å². The van der Waals surface area contributed by atoms with Crippen LogP contribution in [0.4, 0.5) is 11.4 Å². The lowest BCUT2D eigenvalue weighted by Crippen LogP contribution is -2.24. The predicted octanol–water partition coefficient (Wildman–Crippen LogP) is 0.123. The Bertz CT molecular complexity index is 572. The van der Waals surface area contributed by atoms with E-state index in [2.05, 4.69) is 4.90 Å². The monoisotopic (exact) mass is 285 g/mol. The molecule has 19 heavy (non-hydrogen) atoms. The van der Waals surface area contributed by atoms with Gasteiger partial charge in [0.2, 0.25) is 10.0 Å². The summed E-state index contributed by atoms with van der Waals surface area (Å²) in [4.78, 5) is 2.07. The van der Waals surface area contributed by atoms with Crippen LogP contribution in [0.1, 0.15) is 13.3 Å². The lowest BCUT2D eigenvalue weighted by atomic mass is 10.0. The summed E-state index contributed by atoms with van der Waals surface area (Å²) in [7, 11) is -3.73. The van der Waals surface area contributed by atoms with Crippen molar-refractivity contribution in [1.82, 2.24) is 0 Å². The van der Waals surface area contributed by atoms with Crippen LogP contribution in [0.3, 0.4) is 0 Å². The number of rotatable bonds is 3. The Hall–Kier alpha value is -1.31. The van der Waals surface area contributed by atoms with Crippen LogP contribution in [0, 0.1) is 5.92 Å². The summed E-state index contributed by atoms with van der Waals surface area (Å²) in [5.41, 5.74) is 7.07. The maximum Gasteiger partial charge on any atom is 0.238 e. The molecule has 0 amide bonds. The molecule has 2 atom stereocenters. The summed E-state index contributed by atoms with van der Waals surface area (Å²) in [5, 5.41) is 14.6. The topological polar surface area (TPSA) is 110 Å². The van der Waals surface area contributed by atoms with Gasteiger partial charge in [-0.1, -0.05) is 0 Å². The smallest absolute Gasteiger partial charge is 0.238 e. The van der Waals surface area contributed by atoms with Gasteiger partial charge in [0.1, 0.15) is 0 Å². The number of nitrogens with two attached hydrogens (primary N) is 2. The molecule has 1 aliphatic rings. The maximum atomic E-state index is 11.2. The SMILES string of the molecule is CC(O)C1CCN(c2ccc(S(N)(=O)=O)cc2N)C1. The minimum absolute atomic E-state index is 0.0139. The fourth-order valence-corrected chi connectivity index (χ4v) is 2.95. The number of anilines is 2. The molecule has 0 radical (unpaired) electrons. The summed E-state index contributed by atoms with van der Waals surface area (Å²) in [6.45, 7) is 3.30. The maximum absolute atomic E-state index is 11.2. The molecule has 1 aromatic carbocycles. The number of hydrogen-bond donors (Lipinski definition) is 3. The van der Waals surface area contributed by atoms with Crippen molar-refractivity contribution in [2.45, 2.75) is 24.3 Å². The van der Waals surface area contributed by atoms with Crippen molar-refractivity contribution < 1.29 is 13.5 Å². The average molecular weight is 285 g/mol. The van der Waals surface area contributed by atoms with E-state index in [0.29, 0.717) is 5.69 Å². The van der Waals surface area contributed by atoms with Gasteiger partial charge in [-0.25, -0.2) is 13.6 Å². The third kappa shape index (κ3) is 2.99. The number of nitrogens with zero attached hydrogens (tertiary/aromatic N) is 1. The molecule has 1 aliphatic heterocycles. The average Bonchev–Trinajstić information content (AvgIpc) is 2.76. The number of benzene rings is 1. The standard InChI is InChI=1S/C12H19N3O3S/c1-8(16)9-4-5-15(7-9)12-3-2-10(6-11(12)13)19(14,17)18/h2-3,6,8-9,16H,4-5,7,13H2,1H3,(H2,14,17,18). The van der Waals surface area contributed by atoms with Crippen molar-refractivity contribution >= 4 is 21.4 Å². The van der Waals surface area contributed by atoms with Gasteiger partial charge in [-0.15, -0.1) is 0 Å². The van der Waals surface area contributed by atoms with E-state index in [0.717, 1.165) is 25.2 Å². The first-order valence-corrected chi connectivity index (χ1v) is 7.69. The molecule has 1 saturated heterocycles. The minimum Gasteiger partial charge on any atom is -0.397 e. The molecule has 0 aromatic heterocycles. The van der Waals surface area contributed by atoms with E-state index in [1.807, 2.05) is 0 Å². The fourth-order valence-electron chi connectivity index (χ4n) is 2.40. The number of aliphatic hydroxyl groups is 1. The van der Waals surface area contributed by atoms with Gasteiger partial charge in [0.15, 0.2) is 0 Å². The van der Waals surface area contributed by atoms with Gasteiger partial charge in [-0.2, -0.15) is 0 Å². The highest BCUT2D eigenvalue weighted by atomic mass is 32.2. The second-order valence-electron chi connectivity index (χ2n) is 5.00. The minimum atomic E-state index is -3.73. The van der Waals surface area contributed by atoms with Crippen LogP contribution in [0.5, 0.6) is 0 Å². The largest absolute Gasteiger partial charge is 0.397 e. The van der Waals surface area contributed by atoms with E-state index in [1.165, 1.54) is 12.1 Å². The van der Waals surface area contributed by atoms with Crippen LogP contribution in [0.2, 0.25) is 0 Å². The first-order chi connectivity index (χ1) is 8.79. The molecule has 2 rings (SSSR count). The summed E-state index contributed by atoms with van der Waals surface area (Å²) < 4.78 is 22.5. The Morgan fingerprint density at radius 1 is 1.47 bits per heavy atom. The second-order valence-corrected chi connectivity index (χ2v) is 6.56. The Labute approximate surface area is 113 Å². The molecule has 0 bridgehead atoms. The predicted molar refractivity (Wildman–Crippen MR) is 74.2 cm³/mol. The van der Waals surface area contributed by atoms with Crippen molar-refractivity contribution in [3.63, 3.8) is 0 Å². The van der Waals surface area contributed by atoms with Gasteiger partial charge in [0.05, 0.1) is 22.4 Å². The van der Waals surface area contributed by atoms with E-state index in [9.17, 15) is 13.5 Å². The van der Waals surface area contributed by atoms with Gasteiger partial charge in [0, 0.05) is 19.0 Å². The highest BCUT2D eigenvalue weighted by Gasteiger charge is 2.27. The molecule has 1 aromatic rings. The quantitative estimate of drug-likeness (QED) is 0.683. The molecule has 6 nitrogen and oxygen atoms in total. The Balaban J connectivity index is 2.24. The summed E-state index contributed by atoms with van der Waals surface area (Å²) >= 11 is 0. The lowest BCUT2D eigenvalue weighted by Gasteiger charge is -2.21. The van der Waals surface area contributed by atoms with Crippen LogP contribution in [-0.4, -0.2) is 32.7 Å². The zero-order valence-corrected chi connectivity index (χ0v) is 11.6. The molecule has 1 fully saturated rings. The second kappa shape index (κ2) is 4.99. The van der Waals surface area contributed by atoms with Crippen LogP contribution >= 0.6 is 0 Å². The van der Waals surface area contributed by atoms with Gasteiger partial charge in [-0.3, -0.25) is 0 Å². The zero-order chi connectivity index (χ0) is 14.2. The summed E-state index contributed by atoms with van der Waals surface area (Å²) in [5.74, 6) is 0.220. The van der Waals surface area contributed by atoms with Crippen molar-refractivity contribution in [2.24, 2.45) is 11.1 Å². The number of hydrogen-bond acceptors (Lipinski definition) is 5. The third-order valence-electron chi connectivity index (χ3n) is 3.58. The molecule has 0 spiro atoms. The van der Waals surface area contributed by atoms with Crippen LogP contribution in [-0.2, 0) is 10.0 Å². The molecular weight excluding hydrogens is 266 g/mol. The molecule has 0 saturated carbocycles. The normalized spacial score (nSPS) is 21.6. The molecule has 106 valence electrons. The number of primary sulfonamides is 1. The van der Waals surface area contributed by atoms with Gasteiger partial charge < -0.3 is 15.7 Å². The molecule has 7 heteroatoms. The van der Waals surface area contributed by atoms with E-state index < -0.39 is 10.0 Å². The van der Waals surface area contributed by atoms with E-state index in [4.69, 9.17) is 10.9 Å². The Kier molecular flexibility index (Phi) is 3.71. The first kappa shape index (κ1) is 14.1. The third-order valence-corrected chi connectivity index (χ3v) is 4.49.